The van der Waals surface area contributed by atoms with Gasteiger partial charge in [0.1, 0.15) is 22.2 Å². The minimum absolute atomic E-state index is 0.00997. The Hall–Kier alpha value is -2.34. The summed E-state index contributed by atoms with van der Waals surface area (Å²) in [7, 11) is -8.18. The zero-order valence-corrected chi connectivity index (χ0v) is 20.9. The van der Waals surface area contributed by atoms with Crippen LogP contribution in [-0.4, -0.2) is 28.5 Å². The highest BCUT2D eigenvalue weighted by Gasteiger charge is 2.36. The smallest absolute Gasteiger partial charge is 0.245 e. The fourth-order valence-electron chi connectivity index (χ4n) is 3.79. The summed E-state index contributed by atoms with van der Waals surface area (Å²) in [5.41, 5.74) is -0.154. The van der Waals surface area contributed by atoms with Gasteiger partial charge in [-0.1, -0.05) is 23.7 Å². The van der Waals surface area contributed by atoms with E-state index in [1.807, 2.05) is 0 Å². The predicted molar refractivity (Wildman–Crippen MR) is 123 cm³/mol. The van der Waals surface area contributed by atoms with Crippen LogP contribution in [0.1, 0.15) is 35.6 Å². The first-order valence-corrected chi connectivity index (χ1v) is 13.6. The molecule has 0 spiro atoms. The van der Waals surface area contributed by atoms with Crippen LogP contribution in [0.5, 0.6) is 0 Å². The van der Waals surface area contributed by atoms with Gasteiger partial charge < -0.3 is 4.52 Å². The molecule has 1 N–H and O–H groups in total. The summed E-state index contributed by atoms with van der Waals surface area (Å²) in [6.07, 6.45) is 0.00997. The lowest BCUT2D eigenvalue weighted by atomic mass is 9.97. The van der Waals surface area contributed by atoms with E-state index in [4.69, 9.17) is 16.1 Å². The first-order chi connectivity index (χ1) is 15.8. The molecule has 7 nitrogen and oxygen atoms in total. The molecule has 2 atom stereocenters. The average Bonchev–Trinajstić information content (AvgIpc) is 3.09. The Morgan fingerprint density at radius 2 is 1.71 bits per heavy atom. The van der Waals surface area contributed by atoms with Gasteiger partial charge in [-0.05, 0) is 68.7 Å². The van der Waals surface area contributed by atoms with Gasteiger partial charge in [-0.25, -0.2) is 30.3 Å². The molecule has 184 valence electrons. The van der Waals surface area contributed by atoms with Crippen LogP contribution in [0.2, 0.25) is 5.02 Å². The van der Waals surface area contributed by atoms with Crippen LogP contribution in [0, 0.1) is 31.4 Å². The van der Waals surface area contributed by atoms with Crippen LogP contribution in [0.4, 0.5) is 8.78 Å². The molecule has 0 aliphatic rings. The van der Waals surface area contributed by atoms with E-state index in [0.29, 0.717) is 5.02 Å². The Morgan fingerprint density at radius 1 is 1.06 bits per heavy atom. The number of rotatable bonds is 9. The molecule has 0 aliphatic heterocycles. The number of sulfonamides is 1. The third kappa shape index (κ3) is 5.48. The number of nitrogens with one attached hydrogen (secondary N) is 1. The molecule has 34 heavy (non-hydrogen) atoms. The molecule has 1 heterocycles. The van der Waals surface area contributed by atoms with E-state index in [1.165, 1.54) is 45.0 Å². The van der Waals surface area contributed by atoms with Crippen molar-refractivity contribution in [3.8, 4) is 0 Å². The number of hydrogen-bond acceptors (Lipinski definition) is 6. The molecule has 1 aromatic heterocycles. The van der Waals surface area contributed by atoms with Crippen LogP contribution in [0.25, 0.3) is 0 Å². The van der Waals surface area contributed by atoms with Crippen LogP contribution in [0.15, 0.2) is 56.8 Å². The van der Waals surface area contributed by atoms with E-state index >= 15 is 0 Å². The lowest BCUT2D eigenvalue weighted by molar-refractivity contribution is 0.390. The fourth-order valence-corrected chi connectivity index (χ4v) is 7.36. The largest absolute Gasteiger partial charge is 0.360 e. The van der Waals surface area contributed by atoms with Crippen molar-refractivity contribution >= 4 is 31.5 Å². The van der Waals surface area contributed by atoms with Gasteiger partial charge >= 0.3 is 0 Å². The minimum Gasteiger partial charge on any atom is -0.360 e. The first-order valence-electron chi connectivity index (χ1n) is 10.2. The van der Waals surface area contributed by atoms with Gasteiger partial charge in [0, 0.05) is 17.1 Å². The van der Waals surface area contributed by atoms with Crippen LogP contribution in [-0.2, 0) is 19.9 Å². The maximum atomic E-state index is 14.7. The molecular formula is C22H23ClF2N2O5S2. The lowest BCUT2D eigenvalue weighted by Gasteiger charge is -2.25. The van der Waals surface area contributed by atoms with Gasteiger partial charge in [-0.15, -0.1) is 0 Å². The van der Waals surface area contributed by atoms with Crippen LogP contribution < -0.4 is 4.72 Å². The van der Waals surface area contributed by atoms with Crippen molar-refractivity contribution in [2.75, 3.05) is 6.54 Å². The number of nitrogens with zero attached hydrogens (tertiary/aromatic N) is 1. The summed E-state index contributed by atoms with van der Waals surface area (Å²) in [6, 6.07) is 7.95. The van der Waals surface area contributed by atoms with Crippen molar-refractivity contribution in [1.29, 1.82) is 0 Å². The van der Waals surface area contributed by atoms with Gasteiger partial charge in [-0.3, -0.25) is 0 Å². The van der Waals surface area contributed by atoms with Crippen molar-refractivity contribution in [2.45, 2.75) is 42.2 Å². The second kappa shape index (κ2) is 10.1. The summed E-state index contributed by atoms with van der Waals surface area (Å²) >= 11 is 5.86. The van der Waals surface area contributed by atoms with E-state index in [1.54, 1.807) is 0 Å². The van der Waals surface area contributed by atoms with Gasteiger partial charge in [-0.2, -0.15) is 0 Å². The summed E-state index contributed by atoms with van der Waals surface area (Å²) in [5.74, 6) is -2.36. The Kier molecular flexibility index (Phi) is 7.81. The Morgan fingerprint density at radius 3 is 2.29 bits per heavy atom. The number of sulfone groups is 1. The van der Waals surface area contributed by atoms with Crippen molar-refractivity contribution in [3.05, 3.63) is 76.1 Å². The zero-order valence-electron chi connectivity index (χ0n) is 18.5. The van der Waals surface area contributed by atoms with Crippen LogP contribution >= 0.6 is 11.6 Å². The van der Waals surface area contributed by atoms with E-state index in [-0.39, 0.29) is 39.8 Å². The zero-order chi connectivity index (χ0) is 25.3. The van der Waals surface area contributed by atoms with E-state index in [0.717, 1.165) is 18.2 Å². The SMILES string of the molecule is Cc1noc(C)c1S(=O)(=O)NCCC(C)C(c1cc(F)ccc1F)S(=O)(=O)c1ccc(Cl)cc1. The van der Waals surface area contributed by atoms with Gasteiger partial charge in [0.25, 0.3) is 0 Å². The molecule has 0 saturated carbocycles. The monoisotopic (exact) mass is 532 g/mol. The number of aryl methyl sites for hydroxylation is 2. The highest BCUT2D eigenvalue weighted by Crippen LogP contribution is 2.38. The van der Waals surface area contributed by atoms with Crippen LogP contribution in [0.3, 0.4) is 0 Å². The van der Waals surface area contributed by atoms with Crippen molar-refractivity contribution in [1.82, 2.24) is 9.88 Å². The molecule has 0 amide bonds. The summed E-state index contributed by atoms with van der Waals surface area (Å²) in [5, 5.41) is 2.46. The van der Waals surface area contributed by atoms with Crippen molar-refractivity contribution < 1.29 is 30.1 Å². The summed E-state index contributed by atoms with van der Waals surface area (Å²) in [4.78, 5) is -0.213. The molecule has 2 aromatic carbocycles. The molecule has 3 rings (SSSR count). The third-order valence-corrected chi connectivity index (χ3v) is 9.66. The fraction of sp³-hybridized carbons (Fsp3) is 0.318. The van der Waals surface area contributed by atoms with E-state index in [9.17, 15) is 25.6 Å². The molecule has 0 bridgehead atoms. The molecular weight excluding hydrogens is 510 g/mol. The maximum absolute atomic E-state index is 14.7. The standard InChI is InChI=1S/C22H23ClF2N2O5S2/c1-13(10-11-26-34(30,31)22-14(2)27-32-15(22)3)21(19-12-17(24)6-9-20(19)25)33(28,29)18-7-4-16(23)5-8-18/h4-9,12-13,21,26H,10-11H2,1-3H3. The van der Waals surface area contributed by atoms with E-state index in [2.05, 4.69) is 9.88 Å². The molecule has 3 aromatic rings. The number of hydrogen-bond donors (Lipinski definition) is 1. The quantitative estimate of drug-likeness (QED) is 0.426. The van der Waals surface area contributed by atoms with Crippen molar-refractivity contribution in [2.24, 2.45) is 5.92 Å². The van der Waals surface area contributed by atoms with Gasteiger partial charge in [0.05, 0.1) is 10.1 Å². The predicted octanol–water partition coefficient (Wildman–Crippen LogP) is 4.74. The Labute approximate surface area is 202 Å². The molecule has 12 heteroatoms. The molecule has 0 radical (unpaired) electrons. The Balaban J connectivity index is 1.92. The normalized spacial score (nSPS) is 14.2. The molecule has 0 saturated heterocycles. The van der Waals surface area contributed by atoms with Gasteiger partial charge in [0.2, 0.25) is 10.0 Å². The second-order valence-corrected chi connectivity index (χ2v) is 12.1. The van der Waals surface area contributed by atoms with Crippen molar-refractivity contribution in [3.63, 3.8) is 0 Å². The lowest BCUT2D eigenvalue weighted by Crippen LogP contribution is -2.29. The Bertz CT molecular complexity index is 1370. The average molecular weight is 533 g/mol. The maximum Gasteiger partial charge on any atom is 0.245 e. The summed E-state index contributed by atoms with van der Waals surface area (Å²) < 4.78 is 88.3. The third-order valence-electron chi connectivity index (χ3n) is 5.39. The molecule has 2 unspecified atom stereocenters. The molecule has 0 aliphatic carbocycles. The second-order valence-electron chi connectivity index (χ2n) is 7.90. The minimum atomic E-state index is -4.20. The number of aromatic nitrogens is 1. The number of halogens is 3. The van der Waals surface area contributed by atoms with Gasteiger partial charge in [0.15, 0.2) is 15.6 Å². The number of benzene rings is 2. The summed E-state index contributed by atoms with van der Waals surface area (Å²) in [6.45, 7) is 4.32. The highest BCUT2D eigenvalue weighted by atomic mass is 35.5. The highest BCUT2D eigenvalue weighted by molar-refractivity contribution is 7.91. The molecule has 0 fully saturated rings. The first kappa shape index (κ1) is 26.3. The topological polar surface area (TPSA) is 106 Å². The van der Waals surface area contributed by atoms with E-state index < -0.39 is 42.7 Å².